The van der Waals surface area contributed by atoms with Crippen molar-refractivity contribution in [2.45, 2.75) is 37.6 Å². The molecule has 10 heteroatoms. The molecule has 37 heavy (non-hydrogen) atoms. The van der Waals surface area contributed by atoms with Crippen LogP contribution in [0.3, 0.4) is 0 Å². The van der Waals surface area contributed by atoms with Gasteiger partial charge in [0, 0.05) is 38.9 Å². The van der Waals surface area contributed by atoms with Gasteiger partial charge in [-0.15, -0.1) is 0 Å². The van der Waals surface area contributed by atoms with Gasteiger partial charge in [-0.1, -0.05) is 12.1 Å². The minimum Gasteiger partial charge on any atom is -0.364 e. The van der Waals surface area contributed by atoms with Gasteiger partial charge < -0.3 is 31.1 Å². The van der Waals surface area contributed by atoms with Gasteiger partial charge in [-0.05, 0) is 74.2 Å². The molecule has 2 aromatic rings. The Kier molecular flexibility index (Phi) is 6.36. The highest BCUT2D eigenvalue weighted by atomic mass is 16.2. The second-order valence-electron chi connectivity index (χ2n) is 11.0. The number of amides is 3. The van der Waals surface area contributed by atoms with E-state index in [1.54, 1.807) is 11.1 Å². The molecule has 3 amide bonds. The van der Waals surface area contributed by atoms with Gasteiger partial charge in [-0.2, -0.15) is 0 Å². The molecule has 4 heterocycles. The molecular formula is C27H36N8O2. The Bertz CT molecular complexity index is 1160. The average molecular weight is 505 g/mol. The van der Waals surface area contributed by atoms with Crippen molar-refractivity contribution >= 4 is 29.3 Å². The van der Waals surface area contributed by atoms with E-state index in [1.165, 1.54) is 18.4 Å². The third-order valence-electron chi connectivity index (χ3n) is 8.70. The second kappa shape index (κ2) is 9.81. The lowest BCUT2D eigenvalue weighted by molar-refractivity contribution is 0.0996. The van der Waals surface area contributed by atoms with E-state index >= 15 is 0 Å². The average Bonchev–Trinajstić information content (AvgIpc) is 3.60. The predicted molar refractivity (Wildman–Crippen MR) is 142 cm³/mol. The molecular weight excluding hydrogens is 468 g/mol. The summed E-state index contributed by atoms with van der Waals surface area (Å²) in [5, 5.41) is 6.80. The van der Waals surface area contributed by atoms with E-state index in [4.69, 9.17) is 10.7 Å². The van der Waals surface area contributed by atoms with E-state index in [1.807, 2.05) is 24.1 Å². The number of benzene rings is 1. The van der Waals surface area contributed by atoms with Gasteiger partial charge in [0.2, 0.25) is 0 Å². The van der Waals surface area contributed by atoms with Crippen LogP contribution in [-0.2, 0) is 0 Å². The highest BCUT2D eigenvalue weighted by Crippen LogP contribution is 2.44. The molecule has 0 bridgehead atoms. The van der Waals surface area contributed by atoms with Gasteiger partial charge in [0.05, 0.1) is 12.2 Å². The minimum atomic E-state index is -0.619. The normalized spacial score (nSPS) is 27.6. The third-order valence-corrected chi connectivity index (χ3v) is 8.70. The first-order valence-electron chi connectivity index (χ1n) is 13.5. The number of aromatic nitrogens is 2. The number of likely N-dealkylation sites (N-methyl/N-ethyl adjacent to an activating group) is 1. The number of fused-ring (bicyclic) bond motifs is 1. The Morgan fingerprint density at radius 1 is 1.11 bits per heavy atom. The lowest BCUT2D eigenvalue weighted by Crippen LogP contribution is -2.49. The van der Waals surface area contributed by atoms with Crippen LogP contribution in [0.4, 0.5) is 22.1 Å². The number of rotatable bonds is 6. The SMILES string of the molecule is CN1CCN([C@@H]2CCCN(c3cnc(C(N)=O)c(Nc4ccc(C5C[C@H]6CNC[C@H]6C5)cc4)n3)C2)C1=O. The summed E-state index contributed by atoms with van der Waals surface area (Å²) in [4.78, 5) is 39.7. The molecule has 1 aromatic heterocycles. The Hall–Kier alpha value is -3.40. The van der Waals surface area contributed by atoms with Crippen molar-refractivity contribution in [3.05, 3.63) is 41.7 Å². The number of anilines is 3. The molecule has 4 aliphatic rings. The van der Waals surface area contributed by atoms with Gasteiger partial charge in [-0.3, -0.25) is 4.79 Å². The zero-order valence-electron chi connectivity index (χ0n) is 21.4. The fourth-order valence-corrected chi connectivity index (χ4v) is 6.64. The van der Waals surface area contributed by atoms with Gasteiger partial charge >= 0.3 is 6.03 Å². The van der Waals surface area contributed by atoms with Crippen LogP contribution >= 0.6 is 0 Å². The molecule has 1 aliphatic carbocycles. The number of primary amides is 1. The van der Waals surface area contributed by atoms with Gasteiger partial charge in [0.1, 0.15) is 5.82 Å². The van der Waals surface area contributed by atoms with Crippen molar-refractivity contribution in [2.24, 2.45) is 17.6 Å². The molecule has 0 radical (unpaired) electrons. The summed E-state index contributed by atoms with van der Waals surface area (Å²) in [7, 11) is 1.85. The van der Waals surface area contributed by atoms with Crippen LogP contribution in [0.5, 0.6) is 0 Å². The number of carbonyl (C=O) groups excluding carboxylic acids is 2. The van der Waals surface area contributed by atoms with Gasteiger partial charge in [0.15, 0.2) is 11.5 Å². The van der Waals surface area contributed by atoms with Crippen LogP contribution in [0.25, 0.3) is 0 Å². The maximum absolute atomic E-state index is 12.5. The molecule has 4 atom stereocenters. The van der Waals surface area contributed by atoms with Crippen LogP contribution in [0.2, 0.25) is 0 Å². The van der Waals surface area contributed by atoms with Crippen molar-refractivity contribution < 1.29 is 9.59 Å². The van der Waals surface area contributed by atoms with E-state index in [-0.39, 0.29) is 17.8 Å². The highest BCUT2D eigenvalue weighted by molar-refractivity contribution is 5.96. The molecule has 0 spiro atoms. The Balaban J connectivity index is 1.18. The van der Waals surface area contributed by atoms with Crippen molar-refractivity contribution in [3.8, 4) is 0 Å². The molecule has 3 aliphatic heterocycles. The monoisotopic (exact) mass is 504 g/mol. The number of hydrogen-bond donors (Lipinski definition) is 3. The lowest BCUT2D eigenvalue weighted by atomic mass is 9.96. The highest BCUT2D eigenvalue weighted by Gasteiger charge is 2.38. The summed E-state index contributed by atoms with van der Waals surface area (Å²) in [6, 6.07) is 8.69. The molecule has 6 rings (SSSR count). The molecule has 4 fully saturated rings. The van der Waals surface area contributed by atoms with Gasteiger partial charge in [-0.25, -0.2) is 14.8 Å². The summed E-state index contributed by atoms with van der Waals surface area (Å²) < 4.78 is 0. The number of urea groups is 1. The molecule has 1 unspecified atom stereocenters. The number of nitrogens with one attached hydrogen (secondary N) is 2. The Labute approximate surface area is 217 Å². The fraction of sp³-hybridized carbons (Fsp3) is 0.556. The molecule has 3 saturated heterocycles. The number of carbonyl (C=O) groups is 2. The quantitative estimate of drug-likeness (QED) is 0.552. The van der Waals surface area contributed by atoms with E-state index in [0.717, 1.165) is 63.1 Å². The van der Waals surface area contributed by atoms with Crippen LogP contribution in [0.1, 0.15) is 47.7 Å². The first-order chi connectivity index (χ1) is 18.0. The maximum Gasteiger partial charge on any atom is 0.320 e. The van der Waals surface area contributed by atoms with E-state index in [0.29, 0.717) is 24.1 Å². The Morgan fingerprint density at radius 2 is 1.86 bits per heavy atom. The number of hydrogen-bond acceptors (Lipinski definition) is 7. The molecule has 4 N–H and O–H groups in total. The largest absolute Gasteiger partial charge is 0.364 e. The standard InChI is InChI=1S/C27H36N8O2/c1-33-9-10-35(27(33)37)22-3-2-8-34(16-22)23-15-30-24(25(28)36)26(32-23)31-21-6-4-17(5-7-21)18-11-19-13-29-14-20(19)12-18/h4-7,15,18-20,22,29H,2-3,8-14,16H2,1H3,(H2,28,36)(H,31,32)/t18?,19-,20+,22-/m1/s1. The fourth-order valence-electron chi connectivity index (χ4n) is 6.64. The maximum atomic E-state index is 12.5. The summed E-state index contributed by atoms with van der Waals surface area (Å²) in [5.74, 6) is 2.64. The van der Waals surface area contributed by atoms with Crippen LogP contribution < -0.4 is 21.3 Å². The van der Waals surface area contributed by atoms with Gasteiger partial charge in [0.25, 0.3) is 5.91 Å². The second-order valence-corrected chi connectivity index (χ2v) is 11.0. The zero-order chi connectivity index (χ0) is 25.5. The van der Waals surface area contributed by atoms with E-state index < -0.39 is 5.91 Å². The number of nitrogens with zero attached hydrogens (tertiary/aromatic N) is 5. The molecule has 1 saturated carbocycles. The number of piperidine rings is 1. The van der Waals surface area contributed by atoms with Crippen molar-refractivity contribution in [3.63, 3.8) is 0 Å². The summed E-state index contributed by atoms with van der Waals surface area (Å²) in [6.07, 6.45) is 6.04. The summed E-state index contributed by atoms with van der Waals surface area (Å²) >= 11 is 0. The summed E-state index contributed by atoms with van der Waals surface area (Å²) in [6.45, 7) is 5.32. The molecule has 10 nitrogen and oxygen atoms in total. The summed E-state index contributed by atoms with van der Waals surface area (Å²) in [5.41, 5.74) is 7.97. The van der Waals surface area contributed by atoms with Crippen LogP contribution in [0.15, 0.2) is 30.5 Å². The van der Waals surface area contributed by atoms with Crippen molar-refractivity contribution in [1.82, 2.24) is 25.1 Å². The minimum absolute atomic E-state index is 0.0882. The Morgan fingerprint density at radius 3 is 2.54 bits per heavy atom. The van der Waals surface area contributed by atoms with Crippen molar-refractivity contribution in [1.29, 1.82) is 0 Å². The topological polar surface area (TPSA) is 120 Å². The van der Waals surface area contributed by atoms with Crippen LogP contribution in [0, 0.1) is 11.8 Å². The van der Waals surface area contributed by atoms with E-state index in [2.05, 4.69) is 32.7 Å². The first kappa shape index (κ1) is 24.0. The molecule has 196 valence electrons. The predicted octanol–water partition coefficient (Wildman–Crippen LogP) is 2.37. The lowest BCUT2D eigenvalue weighted by Gasteiger charge is -2.37. The molecule has 1 aromatic carbocycles. The van der Waals surface area contributed by atoms with E-state index in [9.17, 15) is 9.59 Å². The first-order valence-corrected chi connectivity index (χ1v) is 13.5. The zero-order valence-corrected chi connectivity index (χ0v) is 21.4. The number of nitrogens with two attached hydrogens (primary N) is 1. The smallest absolute Gasteiger partial charge is 0.320 e. The van der Waals surface area contributed by atoms with Crippen molar-refractivity contribution in [2.75, 3.05) is 56.5 Å². The third kappa shape index (κ3) is 4.70. The van der Waals surface area contributed by atoms with Crippen LogP contribution in [-0.4, -0.2) is 84.1 Å².